The molecule has 0 spiro atoms. The van der Waals surface area contributed by atoms with E-state index in [1.807, 2.05) is 18.4 Å². The lowest BCUT2D eigenvalue weighted by Crippen LogP contribution is -2.28. The van der Waals surface area contributed by atoms with E-state index >= 15 is 0 Å². The molecule has 1 rings (SSSR count). The monoisotopic (exact) mass is 227 g/mol. The van der Waals surface area contributed by atoms with Crippen molar-refractivity contribution in [3.05, 3.63) is 21.9 Å². The first-order chi connectivity index (χ1) is 7.08. The van der Waals surface area contributed by atoms with Crippen molar-refractivity contribution in [1.29, 1.82) is 0 Å². The molecule has 2 nitrogen and oxygen atoms in total. The quantitative estimate of drug-likeness (QED) is 0.732. The minimum absolute atomic E-state index is 0.690. The number of nitrogens with one attached hydrogen (secondary N) is 1. The zero-order chi connectivity index (χ0) is 11.3. The molecule has 0 bridgehead atoms. The predicted molar refractivity (Wildman–Crippen MR) is 66.4 cm³/mol. The summed E-state index contributed by atoms with van der Waals surface area (Å²) in [6.07, 6.45) is 1.91. The summed E-state index contributed by atoms with van der Waals surface area (Å²) in [6.45, 7) is 8.01. The normalized spacial score (nSPS) is 15.2. The van der Waals surface area contributed by atoms with Crippen molar-refractivity contribution in [3.63, 3.8) is 0 Å². The molecule has 0 radical (unpaired) electrons. The molecule has 2 N–H and O–H groups in total. The van der Waals surface area contributed by atoms with E-state index in [4.69, 9.17) is 0 Å². The molecule has 1 unspecified atom stereocenters. The molecule has 0 aliphatic heterocycles. The number of thiophene rings is 1. The summed E-state index contributed by atoms with van der Waals surface area (Å²) in [5, 5.41) is 15.7. The fraction of sp³-hybridized carbons (Fsp3) is 0.667. The predicted octanol–water partition coefficient (Wildman–Crippen LogP) is 2.65. The lowest BCUT2D eigenvalue weighted by molar-refractivity contribution is 0.0479. The van der Waals surface area contributed by atoms with Crippen molar-refractivity contribution in [3.8, 4) is 0 Å². The Balaban J connectivity index is 2.48. The molecule has 1 aromatic rings. The molecular formula is C12H21NOS. The molecule has 0 saturated heterocycles. The van der Waals surface area contributed by atoms with Gasteiger partial charge < -0.3 is 10.4 Å². The molecule has 1 aromatic heterocycles. The van der Waals surface area contributed by atoms with Crippen molar-refractivity contribution >= 4 is 11.3 Å². The molecule has 1 heterocycles. The Bertz CT molecular complexity index is 294. The number of hydrogen-bond acceptors (Lipinski definition) is 3. The van der Waals surface area contributed by atoms with Crippen LogP contribution in [0, 0.1) is 6.92 Å². The Kier molecular flexibility index (Phi) is 4.77. The number of aryl methyl sites for hydroxylation is 1. The van der Waals surface area contributed by atoms with Crippen LogP contribution < -0.4 is 5.32 Å². The van der Waals surface area contributed by atoms with Crippen molar-refractivity contribution in [2.75, 3.05) is 13.1 Å². The molecule has 0 saturated carbocycles. The maximum absolute atomic E-state index is 10.3. The van der Waals surface area contributed by atoms with Crippen LogP contribution in [0.2, 0.25) is 0 Å². The highest BCUT2D eigenvalue weighted by Crippen LogP contribution is 2.29. The van der Waals surface area contributed by atoms with E-state index in [0.717, 1.165) is 31.5 Å². The van der Waals surface area contributed by atoms with Crippen LogP contribution in [0.25, 0.3) is 0 Å². The smallest absolute Gasteiger partial charge is 0.0891 e. The van der Waals surface area contributed by atoms with Gasteiger partial charge in [0.15, 0.2) is 0 Å². The van der Waals surface area contributed by atoms with Gasteiger partial charge in [-0.1, -0.05) is 6.92 Å². The lowest BCUT2D eigenvalue weighted by atomic mass is 9.93. The van der Waals surface area contributed by atoms with Crippen molar-refractivity contribution < 1.29 is 5.11 Å². The fourth-order valence-electron chi connectivity index (χ4n) is 1.71. The average Bonchev–Trinajstić information content (AvgIpc) is 2.60. The fourth-order valence-corrected chi connectivity index (χ4v) is 2.54. The largest absolute Gasteiger partial charge is 0.385 e. The molecule has 0 aromatic carbocycles. The molecule has 1 atom stereocenters. The highest BCUT2D eigenvalue weighted by Gasteiger charge is 2.24. The summed E-state index contributed by atoms with van der Waals surface area (Å²) in [6, 6.07) is 2.03. The van der Waals surface area contributed by atoms with Gasteiger partial charge in [0.25, 0.3) is 0 Å². The van der Waals surface area contributed by atoms with Crippen LogP contribution >= 0.6 is 11.3 Å². The second-order valence-electron chi connectivity index (χ2n) is 4.16. The Morgan fingerprint density at radius 2 is 2.20 bits per heavy atom. The zero-order valence-corrected chi connectivity index (χ0v) is 10.7. The van der Waals surface area contributed by atoms with Crippen molar-refractivity contribution in [2.45, 2.75) is 39.2 Å². The van der Waals surface area contributed by atoms with E-state index in [1.165, 1.54) is 4.88 Å². The number of rotatable bonds is 6. The zero-order valence-electron chi connectivity index (χ0n) is 9.84. The van der Waals surface area contributed by atoms with E-state index < -0.39 is 5.60 Å². The van der Waals surface area contributed by atoms with Crippen LogP contribution in [0.3, 0.4) is 0 Å². The first-order valence-corrected chi connectivity index (χ1v) is 6.43. The second kappa shape index (κ2) is 5.64. The standard InChI is InChI=1S/C12H21NOS/c1-4-7-13-8-6-12(3,14)11-5-9-15-10(11)2/h5,9,13-14H,4,6-8H2,1-3H3. The van der Waals surface area contributed by atoms with Gasteiger partial charge in [0, 0.05) is 4.88 Å². The first kappa shape index (κ1) is 12.7. The highest BCUT2D eigenvalue weighted by molar-refractivity contribution is 7.10. The highest BCUT2D eigenvalue weighted by atomic mass is 32.1. The van der Waals surface area contributed by atoms with Gasteiger partial charge in [0.05, 0.1) is 5.60 Å². The summed E-state index contributed by atoms with van der Waals surface area (Å²) in [5.74, 6) is 0. The van der Waals surface area contributed by atoms with Gasteiger partial charge in [0.2, 0.25) is 0 Å². The van der Waals surface area contributed by atoms with E-state index in [0.29, 0.717) is 0 Å². The van der Waals surface area contributed by atoms with E-state index in [1.54, 1.807) is 11.3 Å². The average molecular weight is 227 g/mol. The van der Waals surface area contributed by atoms with Gasteiger partial charge in [-0.25, -0.2) is 0 Å². The summed E-state index contributed by atoms with van der Waals surface area (Å²) in [7, 11) is 0. The summed E-state index contributed by atoms with van der Waals surface area (Å²) < 4.78 is 0. The molecule has 0 fully saturated rings. The molecule has 0 aliphatic carbocycles. The van der Waals surface area contributed by atoms with Crippen LogP contribution in [0.15, 0.2) is 11.4 Å². The summed E-state index contributed by atoms with van der Waals surface area (Å²) >= 11 is 1.69. The topological polar surface area (TPSA) is 32.3 Å². The van der Waals surface area contributed by atoms with Gasteiger partial charge in [-0.2, -0.15) is 0 Å². The number of hydrogen-bond donors (Lipinski definition) is 2. The SMILES string of the molecule is CCCNCCC(C)(O)c1ccsc1C. The molecule has 86 valence electrons. The summed E-state index contributed by atoms with van der Waals surface area (Å²) in [5.41, 5.74) is 0.385. The molecule has 3 heteroatoms. The van der Waals surface area contributed by atoms with Gasteiger partial charge in [-0.3, -0.25) is 0 Å². The van der Waals surface area contributed by atoms with Crippen molar-refractivity contribution in [1.82, 2.24) is 5.32 Å². The maximum Gasteiger partial charge on any atom is 0.0891 e. The van der Waals surface area contributed by atoms with Gasteiger partial charge in [-0.15, -0.1) is 11.3 Å². The Morgan fingerprint density at radius 1 is 1.47 bits per heavy atom. The Morgan fingerprint density at radius 3 is 2.73 bits per heavy atom. The van der Waals surface area contributed by atoms with E-state index in [-0.39, 0.29) is 0 Å². The van der Waals surface area contributed by atoms with Gasteiger partial charge >= 0.3 is 0 Å². The molecule has 0 amide bonds. The summed E-state index contributed by atoms with van der Waals surface area (Å²) in [4.78, 5) is 1.22. The Labute approximate surface area is 96.3 Å². The third-order valence-corrected chi connectivity index (χ3v) is 3.50. The van der Waals surface area contributed by atoms with E-state index in [9.17, 15) is 5.11 Å². The van der Waals surface area contributed by atoms with Gasteiger partial charge in [-0.05, 0) is 56.8 Å². The van der Waals surface area contributed by atoms with Crippen molar-refractivity contribution in [2.24, 2.45) is 0 Å². The number of aliphatic hydroxyl groups is 1. The van der Waals surface area contributed by atoms with Crippen LogP contribution in [0.5, 0.6) is 0 Å². The van der Waals surface area contributed by atoms with Crippen LogP contribution in [0.4, 0.5) is 0 Å². The molecule has 0 aliphatic rings. The van der Waals surface area contributed by atoms with Crippen LogP contribution in [-0.4, -0.2) is 18.2 Å². The second-order valence-corrected chi connectivity index (χ2v) is 5.28. The maximum atomic E-state index is 10.3. The minimum Gasteiger partial charge on any atom is -0.385 e. The van der Waals surface area contributed by atoms with E-state index in [2.05, 4.69) is 19.2 Å². The lowest BCUT2D eigenvalue weighted by Gasteiger charge is -2.23. The first-order valence-electron chi connectivity index (χ1n) is 5.55. The third-order valence-electron chi connectivity index (χ3n) is 2.65. The van der Waals surface area contributed by atoms with Gasteiger partial charge in [0.1, 0.15) is 0 Å². The molecule has 15 heavy (non-hydrogen) atoms. The Hall–Kier alpha value is -0.380. The van der Waals surface area contributed by atoms with Crippen LogP contribution in [0.1, 0.15) is 37.1 Å². The third kappa shape index (κ3) is 3.59. The molecular weight excluding hydrogens is 206 g/mol. The minimum atomic E-state index is -0.690. The van der Waals surface area contributed by atoms with Crippen LogP contribution in [-0.2, 0) is 5.60 Å².